The van der Waals surface area contributed by atoms with Crippen LogP contribution in [0.3, 0.4) is 0 Å². The number of hydrogen-bond acceptors (Lipinski definition) is 0. The molecule has 0 aliphatic heterocycles. The Labute approximate surface area is 155 Å². The van der Waals surface area contributed by atoms with Crippen LogP contribution in [0.25, 0.3) is 0 Å². The van der Waals surface area contributed by atoms with Crippen LogP contribution in [-0.4, -0.2) is 131 Å². The summed E-state index contributed by atoms with van der Waals surface area (Å²) in [6.45, 7) is 0. The van der Waals surface area contributed by atoms with Crippen molar-refractivity contribution >= 4 is 131 Å². The molecule has 0 spiro atoms. The SMILES string of the molecule is [AlH3].[BaH2].[CaH2].[Fe].[SiH3][Mn]([SiH3])[SiH3]. The number of rotatable bonds is 0. The van der Waals surface area contributed by atoms with Gasteiger partial charge < -0.3 is 0 Å². The van der Waals surface area contributed by atoms with Gasteiger partial charge in [-0.05, 0) is 0 Å². The molecule has 8 heavy (non-hydrogen) atoms. The molecule has 0 bridgehead atoms. The fourth-order valence-electron chi connectivity index (χ4n) is 0. The van der Waals surface area contributed by atoms with E-state index in [1.165, 1.54) is 0 Å². The van der Waals surface area contributed by atoms with Gasteiger partial charge in [0.05, 0.1) is 0 Å². The van der Waals surface area contributed by atoms with Crippen molar-refractivity contribution in [1.82, 2.24) is 0 Å². The maximum atomic E-state index is 1.58. The van der Waals surface area contributed by atoms with E-state index < -0.39 is 0 Å². The van der Waals surface area contributed by atoms with Crippen LogP contribution in [0.4, 0.5) is 0 Å². The van der Waals surface area contributed by atoms with Gasteiger partial charge in [0.1, 0.15) is 0 Å². The normalized spacial score (nSPS) is 6.75. The van der Waals surface area contributed by atoms with E-state index in [1.54, 1.807) is 26.5 Å². The molecule has 0 rings (SSSR count). The van der Waals surface area contributed by atoms with E-state index in [-0.39, 0.29) is 121 Å². The van der Waals surface area contributed by atoms with Crippen molar-refractivity contribution in [1.29, 1.82) is 0 Å². The standard InChI is InChI=1S/Al.Ba.Ca.Fe.Mn.3H3Si.7H/h;;;;;3*1H3;;;;;;;. The predicted molar refractivity (Wildman–Crippen MR) is 56.8 cm³/mol. The third-order valence-corrected chi connectivity index (χ3v) is 0. The summed E-state index contributed by atoms with van der Waals surface area (Å²) in [5.74, 6) is 0. The molecule has 0 unspecified atom stereocenters. The molecule has 0 saturated heterocycles. The van der Waals surface area contributed by atoms with Crippen molar-refractivity contribution in [2.75, 3.05) is 0 Å². The van der Waals surface area contributed by atoms with Gasteiger partial charge in [-0.2, -0.15) is 0 Å². The zero-order valence-electron chi connectivity index (χ0n) is 3.73. The molecule has 0 radical (unpaired) electrons. The topological polar surface area (TPSA) is 0 Å². The molecule has 0 heterocycles. The van der Waals surface area contributed by atoms with Crippen molar-refractivity contribution in [3.8, 4) is 0 Å². The van der Waals surface area contributed by atoms with E-state index in [4.69, 9.17) is 0 Å². The summed E-state index contributed by atoms with van der Waals surface area (Å²) >= 11 is 0.521. The predicted octanol–water partition coefficient (Wildman–Crippen LogP) is -6.57. The first-order valence-corrected chi connectivity index (χ1v) is 14.0. The van der Waals surface area contributed by atoms with Crippen LogP contribution in [0.5, 0.6) is 0 Å². The van der Waals surface area contributed by atoms with Crippen LogP contribution >= 0.6 is 0 Å². The van der Waals surface area contributed by atoms with E-state index in [0.717, 1.165) is 0 Å². The summed E-state index contributed by atoms with van der Waals surface area (Å²) in [5, 5.41) is 0. The fourth-order valence-corrected chi connectivity index (χ4v) is 0. The van der Waals surface area contributed by atoms with Gasteiger partial charge in [-0.1, -0.05) is 0 Å². The molecule has 0 saturated carbocycles. The van der Waals surface area contributed by atoms with Gasteiger partial charge in [0, 0.05) is 17.1 Å². The zero-order chi connectivity index (χ0) is 3.58. The Kier molecular flexibility index (Phi) is 83.0. The summed E-state index contributed by atoms with van der Waals surface area (Å²) in [6.07, 6.45) is 0. The molecule has 50 valence electrons. The zero-order valence-corrected chi connectivity index (χ0v) is 12.0. The van der Waals surface area contributed by atoms with Crippen molar-refractivity contribution in [3.63, 3.8) is 0 Å². The summed E-state index contributed by atoms with van der Waals surface area (Å²) in [4.78, 5) is 0. The van der Waals surface area contributed by atoms with Crippen molar-refractivity contribution in [3.05, 3.63) is 0 Å². The molecule has 0 aromatic heterocycles. The van der Waals surface area contributed by atoms with Gasteiger partial charge in [0.25, 0.3) is 0 Å². The quantitative estimate of drug-likeness (QED) is 0.345. The molecule has 0 aromatic carbocycles. The van der Waals surface area contributed by atoms with Gasteiger partial charge in [-0.3, -0.25) is 0 Å². The van der Waals surface area contributed by atoms with Gasteiger partial charge in [-0.15, -0.1) is 0 Å². The molecule has 8 heteroatoms. The van der Waals surface area contributed by atoms with Crippen molar-refractivity contribution < 1.29 is 29.1 Å². The molecular formula is H16AlBaCaFeMnSi3. The molecule has 0 aliphatic carbocycles. The molecule has 0 nitrogen and oxygen atoms in total. The molecule has 0 fully saturated rings. The van der Waals surface area contributed by atoms with Gasteiger partial charge in [0.15, 0.2) is 17.4 Å². The van der Waals surface area contributed by atoms with E-state index in [1.807, 2.05) is 0 Å². The monoisotopic (exact) mass is 416 g/mol. The Morgan fingerprint density at radius 3 is 1.00 bits per heavy atom. The molecule has 0 amide bonds. The first-order valence-electron chi connectivity index (χ1n) is 1.13. The second kappa shape index (κ2) is 22.7. The second-order valence-corrected chi connectivity index (χ2v) is 42.1. The Hall–Kier alpha value is 5.05. The van der Waals surface area contributed by atoms with E-state index in [2.05, 4.69) is 0 Å². The van der Waals surface area contributed by atoms with E-state index in [0.29, 0.717) is 12.0 Å². The summed E-state index contributed by atoms with van der Waals surface area (Å²) in [6, 6.07) is 0. The Morgan fingerprint density at radius 1 is 1.00 bits per heavy atom. The van der Waals surface area contributed by atoms with Crippen molar-refractivity contribution in [2.45, 2.75) is 0 Å². The van der Waals surface area contributed by atoms with E-state index >= 15 is 0 Å². The van der Waals surface area contributed by atoms with E-state index in [9.17, 15) is 0 Å². The van der Waals surface area contributed by atoms with Crippen LogP contribution in [0.15, 0.2) is 0 Å². The maximum absolute atomic E-state index is 1.58. The van der Waals surface area contributed by atoms with Crippen LogP contribution in [0, 0.1) is 0 Å². The number of hydrogen-bond donors (Lipinski definition) is 0. The molecule has 0 N–H and O–H groups in total. The summed E-state index contributed by atoms with van der Waals surface area (Å²) in [5.41, 5.74) is 0. The average molecular weight is 416 g/mol. The second-order valence-electron chi connectivity index (χ2n) is 1.13. The first kappa shape index (κ1) is 29.2. The molecule has 0 aliphatic rings. The molecule has 0 aromatic rings. The molecular weight excluding hydrogens is 399 g/mol. The molecule has 0 atom stereocenters. The Morgan fingerprint density at radius 2 is 1.00 bits per heavy atom. The first-order chi connectivity index (χ1) is 1.73. The summed E-state index contributed by atoms with van der Waals surface area (Å²) < 4.78 is 0. The summed E-state index contributed by atoms with van der Waals surface area (Å²) in [7, 11) is 4.73. The van der Waals surface area contributed by atoms with Crippen LogP contribution < -0.4 is 0 Å². The van der Waals surface area contributed by atoms with Gasteiger partial charge >= 0.3 is 125 Å². The minimum atomic E-state index is 0. The van der Waals surface area contributed by atoms with Gasteiger partial charge in [-0.25, -0.2) is 0 Å². The fraction of sp³-hybridized carbons (Fsp3) is 0. The average Bonchev–Trinajstić information content (AvgIpc) is 0.811. The third kappa shape index (κ3) is 43.7. The van der Waals surface area contributed by atoms with Crippen LogP contribution in [0.1, 0.15) is 0 Å². The van der Waals surface area contributed by atoms with Crippen LogP contribution in [0.2, 0.25) is 0 Å². The van der Waals surface area contributed by atoms with Crippen molar-refractivity contribution in [2.24, 2.45) is 0 Å². The van der Waals surface area contributed by atoms with Crippen LogP contribution in [-0.2, 0) is 29.1 Å². The van der Waals surface area contributed by atoms with Gasteiger partial charge in [0.2, 0.25) is 0 Å². The minimum absolute atomic E-state index is 0. The Balaban J connectivity index is -0.00000000750. The third-order valence-electron chi connectivity index (χ3n) is 0. The Bertz CT molecular complexity index is 24.0.